The molecule has 0 amide bonds. The van der Waals surface area contributed by atoms with Crippen molar-refractivity contribution >= 4 is 0 Å². The van der Waals surface area contributed by atoms with Gasteiger partial charge in [0.2, 0.25) is 0 Å². The molecule has 0 fully saturated rings. The number of hydrogen-bond acceptors (Lipinski definition) is 2. The second-order valence-electron chi connectivity index (χ2n) is 4.90. The summed E-state index contributed by atoms with van der Waals surface area (Å²) in [6.45, 7) is 8.18. The molecule has 0 aliphatic rings. The highest BCUT2D eigenvalue weighted by molar-refractivity contribution is 5.27. The number of nitrogens with one attached hydrogen (secondary N) is 1. The molecule has 0 aromatic heterocycles. The van der Waals surface area contributed by atoms with Gasteiger partial charge in [-0.05, 0) is 44.9 Å². The van der Waals surface area contributed by atoms with Gasteiger partial charge in [-0.2, -0.15) is 0 Å². The Kier molecular flexibility index (Phi) is 4.30. The van der Waals surface area contributed by atoms with Gasteiger partial charge in [0.25, 0.3) is 0 Å². The lowest BCUT2D eigenvalue weighted by Crippen LogP contribution is -2.37. The Labute approximate surface area is 92.9 Å². The molecule has 84 valence electrons. The third kappa shape index (κ3) is 4.45. The molecule has 0 radical (unpaired) electrons. The zero-order valence-electron chi connectivity index (χ0n) is 10.0. The summed E-state index contributed by atoms with van der Waals surface area (Å²) >= 11 is 0. The summed E-state index contributed by atoms with van der Waals surface area (Å²) in [7, 11) is 0. The average Bonchev–Trinajstić information content (AvgIpc) is 2.16. The number of nitrogens with two attached hydrogens (primary N) is 1. The first-order valence-electron chi connectivity index (χ1n) is 5.55. The Morgan fingerprint density at radius 2 is 1.73 bits per heavy atom. The molecular formula is C13H22N2. The van der Waals surface area contributed by atoms with Crippen LogP contribution in [0.3, 0.4) is 0 Å². The summed E-state index contributed by atoms with van der Waals surface area (Å²) in [4.78, 5) is 0. The van der Waals surface area contributed by atoms with Crippen LogP contribution in [0.4, 0.5) is 0 Å². The smallest absolute Gasteiger partial charge is 0.0180 e. The molecular weight excluding hydrogens is 184 g/mol. The van der Waals surface area contributed by atoms with Gasteiger partial charge in [-0.3, -0.25) is 0 Å². The van der Waals surface area contributed by atoms with Crippen LogP contribution >= 0.6 is 0 Å². The predicted octanol–water partition coefficient (Wildman–Crippen LogP) is 2.08. The largest absolute Gasteiger partial charge is 0.326 e. The lowest BCUT2D eigenvalue weighted by molar-refractivity contribution is 0.429. The van der Waals surface area contributed by atoms with Gasteiger partial charge in [0.05, 0.1) is 0 Å². The number of benzene rings is 1. The molecule has 0 atom stereocenters. The van der Waals surface area contributed by atoms with Crippen LogP contribution in [0, 0.1) is 0 Å². The maximum absolute atomic E-state index is 5.69. The Morgan fingerprint density at radius 3 is 2.27 bits per heavy atom. The first kappa shape index (κ1) is 12.2. The van der Waals surface area contributed by atoms with Crippen molar-refractivity contribution in [3.05, 3.63) is 35.4 Å². The second-order valence-corrected chi connectivity index (χ2v) is 4.90. The average molecular weight is 206 g/mol. The van der Waals surface area contributed by atoms with Crippen molar-refractivity contribution in [1.29, 1.82) is 0 Å². The topological polar surface area (TPSA) is 38.0 Å². The van der Waals surface area contributed by atoms with Crippen LogP contribution in [0.25, 0.3) is 0 Å². The SMILES string of the molecule is CC(C)(C)NCCc1ccccc1CN. The fraction of sp³-hybridized carbons (Fsp3) is 0.538. The number of rotatable bonds is 4. The Balaban J connectivity index is 2.50. The van der Waals surface area contributed by atoms with E-state index in [0.717, 1.165) is 13.0 Å². The van der Waals surface area contributed by atoms with E-state index in [1.165, 1.54) is 11.1 Å². The molecule has 0 bridgehead atoms. The minimum absolute atomic E-state index is 0.192. The van der Waals surface area contributed by atoms with E-state index < -0.39 is 0 Å². The maximum Gasteiger partial charge on any atom is 0.0180 e. The van der Waals surface area contributed by atoms with Crippen molar-refractivity contribution in [3.8, 4) is 0 Å². The monoisotopic (exact) mass is 206 g/mol. The van der Waals surface area contributed by atoms with E-state index in [1.807, 2.05) is 6.07 Å². The van der Waals surface area contributed by atoms with E-state index in [0.29, 0.717) is 6.54 Å². The van der Waals surface area contributed by atoms with E-state index in [4.69, 9.17) is 5.73 Å². The third-order valence-corrected chi connectivity index (χ3v) is 2.39. The summed E-state index contributed by atoms with van der Waals surface area (Å²) in [5.41, 5.74) is 8.50. The zero-order chi connectivity index (χ0) is 11.3. The van der Waals surface area contributed by atoms with Crippen molar-refractivity contribution in [1.82, 2.24) is 5.32 Å². The zero-order valence-corrected chi connectivity index (χ0v) is 10.0. The van der Waals surface area contributed by atoms with Crippen LogP contribution in [0.15, 0.2) is 24.3 Å². The summed E-state index contributed by atoms with van der Waals surface area (Å²) in [6.07, 6.45) is 1.05. The van der Waals surface area contributed by atoms with Crippen LogP contribution < -0.4 is 11.1 Å². The molecule has 15 heavy (non-hydrogen) atoms. The van der Waals surface area contributed by atoms with E-state index in [1.54, 1.807) is 0 Å². The van der Waals surface area contributed by atoms with Crippen LogP contribution in [0.1, 0.15) is 31.9 Å². The molecule has 1 aromatic rings. The van der Waals surface area contributed by atoms with E-state index in [2.05, 4.69) is 44.3 Å². The molecule has 0 saturated carbocycles. The quantitative estimate of drug-likeness (QED) is 0.791. The highest BCUT2D eigenvalue weighted by Crippen LogP contribution is 2.08. The molecule has 0 heterocycles. The van der Waals surface area contributed by atoms with Gasteiger partial charge in [0.15, 0.2) is 0 Å². The lowest BCUT2D eigenvalue weighted by Gasteiger charge is -2.20. The highest BCUT2D eigenvalue weighted by atomic mass is 14.9. The van der Waals surface area contributed by atoms with Crippen molar-refractivity contribution in [3.63, 3.8) is 0 Å². The predicted molar refractivity (Wildman–Crippen MR) is 65.8 cm³/mol. The van der Waals surface area contributed by atoms with Gasteiger partial charge in [0.1, 0.15) is 0 Å². The van der Waals surface area contributed by atoms with Gasteiger partial charge in [0, 0.05) is 12.1 Å². The second kappa shape index (κ2) is 5.29. The summed E-state index contributed by atoms with van der Waals surface area (Å²) < 4.78 is 0. The van der Waals surface area contributed by atoms with Crippen molar-refractivity contribution in [2.24, 2.45) is 5.73 Å². The number of hydrogen-bond donors (Lipinski definition) is 2. The van der Waals surface area contributed by atoms with Gasteiger partial charge in [-0.25, -0.2) is 0 Å². The first-order valence-corrected chi connectivity index (χ1v) is 5.55. The normalized spacial score (nSPS) is 11.7. The molecule has 0 aliphatic heterocycles. The lowest BCUT2D eigenvalue weighted by atomic mass is 10.0. The summed E-state index contributed by atoms with van der Waals surface area (Å²) in [6, 6.07) is 8.38. The van der Waals surface area contributed by atoms with Crippen LogP contribution in [-0.4, -0.2) is 12.1 Å². The van der Waals surface area contributed by atoms with Gasteiger partial charge in [-0.15, -0.1) is 0 Å². The van der Waals surface area contributed by atoms with Gasteiger partial charge in [-0.1, -0.05) is 24.3 Å². The van der Waals surface area contributed by atoms with Crippen molar-refractivity contribution < 1.29 is 0 Å². The molecule has 3 N–H and O–H groups in total. The Morgan fingerprint density at radius 1 is 1.13 bits per heavy atom. The maximum atomic E-state index is 5.69. The van der Waals surface area contributed by atoms with E-state index >= 15 is 0 Å². The molecule has 0 aliphatic carbocycles. The van der Waals surface area contributed by atoms with E-state index in [-0.39, 0.29) is 5.54 Å². The Bertz CT molecular complexity index is 300. The third-order valence-electron chi connectivity index (χ3n) is 2.39. The first-order chi connectivity index (χ1) is 7.03. The summed E-state index contributed by atoms with van der Waals surface area (Å²) in [5.74, 6) is 0. The van der Waals surface area contributed by atoms with Crippen LogP contribution in [0.5, 0.6) is 0 Å². The molecule has 1 aromatic carbocycles. The molecule has 0 spiro atoms. The molecule has 2 heteroatoms. The van der Waals surface area contributed by atoms with Crippen molar-refractivity contribution in [2.45, 2.75) is 39.3 Å². The molecule has 0 saturated heterocycles. The fourth-order valence-corrected chi connectivity index (χ4v) is 1.57. The minimum Gasteiger partial charge on any atom is -0.326 e. The molecule has 0 unspecified atom stereocenters. The minimum atomic E-state index is 0.192. The van der Waals surface area contributed by atoms with E-state index in [9.17, 15) is 0 Å². The highest BCUT2D eigenvalue weighted by Gasteiger charge is 2.08. The fourth-order valence-electron chi connectivity index (χ4n) is 1.57. The standard InChI is InChI=1S/C13H22N2/c1-13(2,3)15-9-8-11-6-4-5-7-12(11)10-14/h4-7,15H,8-10,14H2,1-3H3. The van der Waals surface area contributed by atoms with Gasteiger partial charge >= 0.3 is 0 Å². The van der Waals surface area contributed by atoms with Crippen molar-refractivity contribution in [2.75, 3.05) is 6.54 Å². The Hall–Kier alpha value is -0.860. The van der Waals surface area contributed by atoms with Crippen LogP contribution in [-0.2, 0) is 13.0 Å². The summed E-state index contributed by atoms with van der Waals surface area (Å²) in [5, 5.41) is 3.48. The van der Waals surface area contributed by atoms with Gasteiger partial charge < -0.3 is 11.1 Å². The van der Waals surface area contributed by atoms with Crippen LogP contribution in [0.2, 0.25) is 0 Å². The molecule has 2 nitrogen and oxygen atoms in total. The molecule has 1 rings (SSSR count).